The number of methoxy groups -OCH3 is 1. The van der Waals surface area contributed by atoms with Crippen LogP contribution in [0.25, 0.3) is 0 Å². The van der Waals surface area contributed by atoms with Gasteiger partial charge in [-0.15, -0.1) is 0 Å². The number of hydrogen-bond acceptors (Lipinski definition) is 3. The van der Waals surface area contributed by atoms with Crippen LogP contribution in [-0.2, 0) is 9.53 Å². The highest BCUT2D eigenvalue weighted by Gasteiger charge is 2.25. The highest BCUT2D eigenvalue weighted by Crippen LogP contribution is 2.32. The second-order valence-electron chi connectivity index (χ2n) is 4.32. The number of ether oxygens (including phenoxy) is 1. The van der Waals surface area contributed by atoms with Gasteiger partial charge in [-0.05, 0) is 30.5 Å². The SMILES string of the molecule is COC(=O)[C@@H]1CC=C[C@@H](c2ccc(O)cc2)C1. The van der Waals surface area contributed by atoms with Crippen LogP contribution >= 0.6 is 0 Å². The van der Waals surface area contributed by atoms with E-state index in [-0.39, 0.29) is 23.6 Å². The molecule has 3 heteroatoms. The van der Waals surface area contributed by atoms with Gasteiger partial charge in [0.2, 0.25) is 0 Å². The smallest absolute Gasteiger partial charge is 0.309 e. The third-order valence-electron chi connectivity index (χ3n) is 3.18. The summed E-state index contributed by atoms with van der Waals surface area (Å²) in [6.07, 6.45) is 5.67. The normalized spacial score (nSPS) is 23.4. The van der Waals surface area contributed by atoms with Crippen LogP contribution in [-0.4, -0.2) is 18.2 Å². The minimum atomic E-state index is -0.141. The number of allylic oxidation sites excluding steroid dienone is 2. The van der Waals surface area contributed by atoms with Gasteiger partial charge in [0.05, 0.1) is 13.0 Å². The third kappa shape index (κ3) is 2.67. The first-order valence-electron chi connectivity index (χ1n) is 5.74. The van der Waals surface area contributed by atoms with Crippen LogP contribution in [0.5, 0.6) is 5.75 Å². The highest BCUT2D eigenvalue weighted by molar-refractivity contribution is 5.72. The Morgan fingerprint density at radius 1 is 1.35 bits per heavy atom. The molecule has 0 fully saturated rings. The van der Waals surface area contributed by atoms with E-state index >= 15 is 0 Å². The zero-order valence-corrected chi connectivity index (χ0v) is 9.80. The molecule has 1 aliphatic carbocycles. The van der Waals surface area contributed by atoms with E-state index < -0.39 is 0 Å². The Bertz CT molecular complexity index is 420. The second kappa shape index (κ2) is 5.04. The summed E-state index contributed by atoms with van der Waals surface area (Å²) in [4.78, 5) is 11.5. The fourth-order valence-corrected chi connectivity index (χ4v) is 2.22. The standard InChI is InChI=1S/C14H16O3/c1-17-14(16)12-4-2-3-11(9-12)10-5-7-13(15)8-6-10/h2-3,5-8,11-12,15H,4,9H2,1H3/t11-,12-/m1/s1. The van der Waals surface area contributed by atoms with Crippen molar-refractivity contribution < 1.29 is 14.6 Å². The summed E-state index contributed by atoms with van der Waals surface area (Å²) >= 11 is 0. The van der Waals surface area contributed by atoms with Crippen LogP contribution < -0.4 is 0 Å². The Kier molecular flexibility index (Phi) is 3.47. The number of rotatable bonds is 2. The summed E-state index contributed by atoms with van der Waals surface area (Å²) in [5.41, 5.74) is 1.12. The van der Waals surface area contributed by atoms with Crippen molar-refractivity contribution in [1.29, 1.82) is 0 Å². The van der Waals surface area contributed by atoms with Crippen LogP contribution in [0, 0.1) is 5.92 Å². The van der Waals surface area contributed by atoms with Crippen LogP contribution in [0.15, 0.2) is 36.4 Å². The van der Waals surface area contributed by atoms with Gasteiger partial charge in [0.25, 0.3) is 0 Å². The lowest BCUT2D eigenvalue weighted by Gasteiger charge is -2.23. The molecular weight excluding hydrogens is 216 g/mol. The summed E-state index contributed by atoms with van der Waals surface area (Å²) in [5.74, 6) is 0.299. The maximum absolute atomic E-state index is 11.5. The van der Waals surface area contributed by atoms with Crippen LogP contribution in [0.3, 0.4) is 0 Å². The summed E-state index contributed by atoms with van der Waals surface area (Å²) in [6.45, 7) is 0. The summed E-state index contributed by atoms with van der Waals surface area (Å²) in [5, 5.41) is 9.24. The minimum absolute atomic E-state index is 0.0520. The molecule has 1 aliphatic rings. The lowest BCUT2D eigenvalue weighted by molar-refractivity contribution is -0.145. The number of benzene rings is 1. The van der Waals surface area contributed by atoms with Crippen molar-refractivity contribution in [2.24, 2.45) is 5.92 Å². The first kappa shape index (κ1) is 11.7. The Morgan fingerprint density at radius 3 is 2.71 bits per heavy atom. The van der Waals surface area contributed by atoms with Crippen molar-refractivity contribution in [1.82, 2.24) is 0 Å². The molecule has 2 rings (SSSR count). The van der Waals surface area contributed by atoms with Gasteiger partial charge >= 0.3 is 5.97 Å². The predicted octanol–water partition coefficient (Wildman–Crippen LogP) is 2.62. The molecule has 17 heavy (non-hydrogen) atoms. The number of esters is 1. The van der Waals surface area contributed by atoms with Gasteiger partial charge in [0.1, 0.15) is 5.75 Å². The molecule has 0 saturated carbocycles. The van der Waals surface area contributed by atoms with E-state index in [1.807, 2.05) is 18.2 Å². The van der Waals surface area contributed by atoms with Crippen molar-refractivity contribution in [2.75, 3.05) is 7.11 Å². The summed E-state index contributed by atoms with van der Waals surface area (Å²) in [6, 6.07) is 7.13. The minimum Gasteiger partial charge on any atom is -0.508 e. The highest BCUT2D eigenvalue weighted by atomic mass is 16.5. The quantitative estimate of drug-likeness (QED) is 0.629. The maximum Gasteiger partial charge on any atom is 0.309 e. The summed E-state index contributed by atoms with van der Waals surface area (Å²) < 4.78 is 4.78. The number of carbonyl (C=O) groups is 1. The Labute approximate surface area is 101 Å². The lowest BCUT2D eigenvalue weighted by Crippen LogP contribution is -2.20. The molecule has 1 aromatic carbocycles. The Morgan fingerprint density at radius 2 is 2.06 bits per heavy atom. The van der Waals surface area contributed by atoms with E-state index in [4.69, 9.17) is 4.74 Å². The number of hydrogen-bond donors (Lipinski definition) is 1. The molecule has 3 nitrogen and oxygen atoms in total. The van der Waals surface area contributed by atoms with Gasteiger partial charge < -0.3 is 9.84 Å². The van der Waals surface area contributed by atoms with Gasteiger partial charge in [0.15, 0.2) is 0 Å². The van der Waals surface area contributed by atoms with E-state index in [2.05, 4.69) is 6.08 Å². The van der Waals surface area contributed by atoms with Gasteiger partial charge in [-0.1, -0.05) is 24.3 Å². The molecule has 90 valence electrons. The largest absolute Gasteiger partial charge is 0.508 e. The first-order chi connectivity index (χ1) is 8.20. The molecule has 2 atom stereocenters. The Balaban J connectivity index is 2.12. The molecule has 0 spiro atoms. The molecule has 1 N–H and O–H groups in total. The van der Waals surface area contributed by atoms with Gasteiger partial charge in [0, 0.05) is 5.92 Å². The average Bonchev–Trinajstić information content (AvgIpc) is 2.39. The van der Waals surface area contributed by atoms with E-state index in [0.717, 1.165) is 18.4 Å². The number of aromatic hydroxyl groups is 1. The molecule has 0 radical (unpaired) electrons. The molecule has 0 saturated heterocycles. The molecule has 0 aromatic heterocycles. The number of phenolic OH excluding ortho intramolecular Hbond substituents is 1. The van der Waals surface area contributed by atoms with Crippen LogP contribution in [0.2, 0.25) is 0 Å². The Hall–Kier alpha value is -1.77. The van der Waals surface area contributed by atoms with Crippen molar-refractivity contribution in [3.05, 3.63) is 42.0 Å². The van der Waals surface area contributed by atoms with Crippen molar-refractivity contribution in [3.8, 4) is 5.75 Å². The zero-order chi connectivity index (χ0) is 12.3. The topological polar surface area (TPSA) is 46.5 Å². The number of phenols is 1. The first-order valence-corrected chi connectivity index (χ1v) is 5.74. The van der Waals surface area contributed by atoms with Crippen LogP contribution in [0.4, 0.5) is 0 Å². The van der Waals surface area contributed by atoms with Crippen LogP contribution in [0.1, 0.15) is 24.3 Å². The number of carbonyl (C=O) groups excluding carboxylic acids is 1. The van der Waals surface area contributed by atoms with E-state index in [1.165, 1.54) is 7.11 Å². The predicted molar refractivity (Wildman–Crippen MR) is 64.7 cm³/mol. The van der Waals surface area contributed by atoms with Gasteiger partial charge in [-0.3, -0.25) is 4.79 Å². The third-order valence-corrected chi connectivity index (χ3v) is 3.18. The van der Waals surface area contributed by atoms with Gasteiger partial charge in [-0.25, -0.2) is 0 Å². The molecule has 0 amide bonds. The van der Waals surface area contributed by atoms with E-state index in [0.29, 0.717) is 0 Å². The molecule has 0 unspecified atom stereocenters. The van der Waals surface area contributed by atoms with Gasteiger partial charge in [-0.2, -0.15) is 0 Å². The fraction of sp³-hybridized carbons (Fsp3) is 0.357. The monoisotopic (exact) mass is 232 g/mol. The molecule has 1 aromatic rings. The fourth-order valence-electron chi connectivity index (χ4n) is 2.22. The molecule has 0 heterocycles. The maximum atomic E-state index is 11.5. The average molecular weight is 232 g/mol. The summed E-state index contributed by atoms with van der Waals surface area (Å²) in [7, 11) is 1.43. The molecule has 0 bridgehead atoms. The van der Waals surface area contributed by atoms with E-state index in [1.54, 1.807) is 12.1 Å². The molecular formula is C14H16O3. The van der Waals surface area contributed by atoms with E-state index in [9.17, 15) is 9.90 Å². The zero-order valence-electron chi connectivity index (χ0n) is 9.80. The van der Waals surface area contributed by atoms with Crippen molar-refractivity contribution >= 4 is 5.97 Å². The lowest BCUT2D eigenvalue weighted by atomic mass is 9.83. The van der Waals surface area contributed by atoms with Crippen molar-refractivity contribution in [2.45, 2.75) is 18.8 Å². The second-order valence-corrected chi connectivity index (χ2v) is 4.32. The van der Waals surface area contributed by atoms with Crippen molar-refractivity contribution in [3.63, 3.8) is 0 Å². The molecule has 0 aliphatic heterocycles.